The van der Waals surface area contributed by atoms with Crippen LogP contribution in [0, 0.1) is 20.8 Å². The number of piperazine rings is 1. The fourth-order valence-electron chi connectivity index (χ4n) is 2.50. The number of amides is 1. The third-order valence-electron chi connectivity index (χ3n) is 4.10. The zero-order valence-corrected chi connectivity index (χ0v) is 13.6. The summed E-state index contributed by atoms with van der Waals surface area (Å²) in [7, 11) is -2.04. The Kier molecular flexibility index (Phi) is 3.99. The molecule has 2 rings (SSSR count). The summed E-state index contributed by atoms with van der Waals surface area (Å²) in [4.78, 5) is 13.6. The third kappa shape index (κ3) is 2.63. The van der Waals surface area contributed by atoms with E-state index in [9.17, 15) is 13.2 Å². The van der Waals surface area contributed by atoms with Gasteiger partial charge in [-0.1, -0.05) is 0 Å². The number of aryl methyl sites for hydroxylation is 1. The molecule has 1 aromatic rings. The first kappa shape index (κ1) is 15.8. The number of rotatable bonds is 2. The van der Waals surface area contributed by atoms with Crippen molar-refractivity contribution in [3.63, 3.8) is 0 Å². The normalized spacial score (nSPS) is 17.3. The molecule has 1 aliphatic rings. The van der Waals surface area contributed by atoms with Gasteiger partial charge in [-0.2, -0.15) is 4.31 Å². The van der Waals surface area contributed by atoms with E-state index in [4.69, 9.17) is 5.73 Å². The van der Waals surface area contributed by atoms with Gasteiger partial charge in [0.2, 0.25) is 15.9 Å². The summed E-state index contributed by atoms with van der Waals surface area (Å²) >= 11 is 0. The minimum atomic E-state index is -3.72. The van der Waals surface area contributed by atoms with Crippen molar-refractivity contribution in [1.29, 1.82) is 0 Å². The van der Waals surface area contributed by atoms with Gasteiger partial charge in [-0.05, 0) is 43.5 Å². The molecule has 6 nitrogen and oxygen atoms in total. The lowest BCUT2D eigenvalue weighted by molar-refractivity contribution is -0.132. The number of hydrogen-bond acceptors (Lipinski definition) is 4. The largest absolute Gasteiger partial charge is 0.398 e. The molecule has 0 aromatic heterocycles. The van der Waals surface area contributed by atoms with Crippen molar-refractivity contribution in [2.45, 2.75) is 25.7 Å². The van der Waals surface area contributed by atoms with Crippen LogP contribution in [0.4, 0.5) is 5.69 Å². The van der Waals surface area contributed by atoms with Crippen molar-refractivity contribution in [3.8, 4) is 0 Å². The Hall–Kier alpha value is -1.60. The molecule has 0 atom stereocenters. The Morgan fingerprint density at radius 1 is 1.14 bits per heavy atom. The molecule has 0 saturated carbocycles. The van der Waals surface area contributed by atoms with Crippen LogP contribution >= 0.6 is 0 Å². The molecule has 0 radical (unpaired) electrons. The molecule has 0 unspecified atom stereocenters. The molecule has 1 fully saturated rings. The van der Waals surface area contributed by atoms with Crippen LogP contribution in [0.15, 0.2) is 11.0 Å². The van der Waals surface area contributed by atoms with Gasteiger partial charge in [-0.15, -0.1) is 0 Å². The molecular weight excluding hydrogens is 290 g/mol. The van der Waals surface area contributed by atoms with Crippen LogP contribution in [0.2, 0.25) is 0 Å². The van der Waals surface area contributed by atoms with E-state index in [0.717, 1.165) is 5.56 Å². The van der Waals surface area contributed by atoms with Gasteiger partial charge in [0.25, 0.3) is 0 Å². The molecule has 1 aliphatic heterocycles. The molecule has 21 heavy (non-hydrogen) atoms. The fourth-order valence-corrected chi connectivity index (χ4v) is 4.41. The van der Waals surface area contributed by atoms with Crippen LogP contribution in [0.25, 0.3) is 0 Å². The minimum Gasteiger partial charge on any atom is -0.398 e. The lowest BCUT2D eigenvalue weighted by Gasteiger charge is -2.32. The number of carbonyl (C=O) groups is 1. The van der Waals surface area contributed by atoms with Crippen molar-refractivity contribution in [2.75, 3.05) is 32.4 Å². The van der Waals surface area contributed by atoms with Crippen LogP contribution < -0.4 is 5.73 Å². The maximum Gasteiger partial charge on any atom is 0.244 e. The van der Waals surface area contributed by atoms with E-state index in [1.54, 1.807) is 27.0 Å². The van der Waals surface area contributed by atoms with Crippen molar-refractivity contribution in [2.24, 2.45) is 0 Å². The Bertz CT molecular complexity index is 672. The summed E-state index contributed by atoms with van der Waals surface area (Å²) in [6.45, 7) is 5.89. The summed E-state index contributed by atoms with van der Waals surface area (Å²) in [6.07, 6.45) is 0. The number of benzene rings is 1. The third-order valence-corrected chi connectivity index (χ3v) is 6.22. The monoisotopic (exact) mass is 311 g/mol. The number of anilines is 1. The highest BCUT2D eigenvalue weighted by molar-refractivity contribution is 7.89. The highest BCUT2D eigenvalue weighted by Crippen LogP contribution is 2.30. The Balaban J connectivity index is 2.53. The minimum absolute atomic E-state index is 0.119. The van der Waals surface area contributed by atoms with Crippen molar-refractivity contribution in [1.82, 2.24) is 9.21 Å². The first-order valence-electron chi connectivity index (χ1n) is 6.76. The molecule has 1 heterocycles. The van der Waals surface area contributed by atoms with E-state index >= 15 is 0 Å². The molecule has 0 bridgehead atoms. The number of sulfonamides is 1. The number of hydrogen-bond donors (Lipinski definition) is 1. The van der Waals surface area contributed by atoms with Gasteiger partial charge in [0.05, 0.1) is 11.4 Å². The highest BCUT2D eigenvalue weighted by atomic mass is 32.2. The maximum absolute atomic E-state index is 12.9. The van der Waals surface area contributed by atoms with Gasteiger partial charge >= 0.3 is 0 Å². The van der Waals surface area contributed by atoms with Crippen molar-refractivity contribution in [3.05, 3.63) is 22.8 Å². The number of carbonyl (C=O) groups excluding carboxylic acids is 1. The van der Waals surface area contributed by atoms with E-state index < -0.39 is 10.0 Å². The predicted octanol–water partition coefficient (Wildman–Crippen LogP) is 0.657. The van der Waals surface area contributed by atoms with E-state index in [1.807, 2.05) is 6.92 Å². The van der Waals surface area contributed by atoms with Crippen LogP contribution in [0.5, 0.6) is 0 Å². The molecule has 1 aromatic carbocycles. The first-order chi connectivity index (χ1) is 9.66. The molecular formula is C14H21N3O3S. The lowest BCUT2D eigenvalue weighted by atomic mass is 10.1. The number of likely N-dealkylation sites (N-methyl/N-ethyl adjacent to an activating group) is 1. The maximum atomic E-state index is 12.9. The molecule has 116 valence electrons. The van der Waals surface area contributed by atoms with Gasteiger partial charge in [0.1, 0.15) is 0 Å². The average Bonchev–Trinajstić information content (AvgIpc) is 2.39. The van der Waals surface area contributed by atoms with E-state index in [1.165, 1.54) is 9.21 Å². The van der Waals surface area contributed by atoms with Gasteiger partial charge < -0.3 is 10.6 Å². The molecule has 2 N–H and O–H groups in total. The summed E-state index contributed by atoms with van der Waals surface area (Å²) in [5, 5.41) is 0. The van der Waals surface area contributed by atoms with Crippen LogP contribution in [-0.2, 0) is 14.8 Å². The van der Waals surface area contributed by atoms with E-state index in [-0.39, 0.29) is 17.3 Å². The van der Waals surface area contributed by atoms with E-state index in [0.29, 0.717) is 29.9 Å². The second kappa shape index (κ2) is 5.31. The quantitative estimate of drug-likeness (QED) is 0.813. The molecule has 1 saturated heterocycles. The van der Waals surface area contributed by atoms with Gasteiger partial charge in [-0.25, -0.2) is 8.42 Å². The standard InChI is InChI=1S/C14H21N3O3S/c1-9-7-12(15)11(3)14(10(9)2)21(19,20)17-6-5-16(4)13(18)8-17/h7H,5-6,8,15H2,1-4H3. The molecule has 1 amide bonds. The van der Waals surface area contributed by atoms with E-state index in [2.05, 4.69) is 0 Å². The van der Waals surface area contributed by atoms with Crippen LogP contribution in [0.1, 0.15) is 16.7 Å². The van der Waals surface area contributed by atoms with Crippen LogP contribution in [-0.4, -0.2) is 50.2 Å². The first-order valence-corrected chi connectivity index (χ1v) is 8.20. The Morgan fingerprint density at radius 3 is 2.33 bits per heavy atom. The fraction of sp³-hybridized carbons (Fsp3) is 0.500. The zero-order valence-electron chi connectivity index (χ0n) is 12.8. The zero-order chi connectivity index (χ0) is 15.9. The number of nitrogens with two attached hydrogens (primary N) is 1. The second-order valence-corrected chi connectivity index (χ2v) is 7.39. The van der Waals surface area contributed by atoms with Crippen LogP contribution in [0.3, 0.4) is 0 Å². The predicted molar refractivity (Wildman–Crippen MR) is 81.5 cm³/mol. The Morgan fingerprint density at radius 2 is 1.76 bits per heavy atom. The summed E-state index contributed by atoms with van der Waals surface area (Å²) in [6, 6.07) is 1.78. The molecule has 7 heteroatoms. The van der Waals surface area contributed by atoms with Crippen molar-refractivity contribution < 1.29 is 13.2 Å². The summed E-state index contributed by atoms with van der Waals surface area (Å²) in [5.74, 6) is -0.194. The SMILES string of the molecule is Cc1cc(N)c(C)c(S(=O)(=O)N2CCN(C)C(=O)C2)c1C. The number of nitrogen functional groups attached to an aromatic ring is 1. The smallest absolute Gasteiger partial charge is 0.244 e. The number of nitrogens with zero attached hydrogens (tertiary/aromatic N) is 2. The molecule has 0 aliphatic carbocycles. The van der Waals surface area contributed by atoms with Gasteiger partial charge in [0, 0.05) is 25.8 Å². The second-order valence-electron chi connectivity index (χ2n) is 5.52. The average molecular weight is 311 g/mol. The summed E-state index contributed by atoms with van der Waals surface area (Å²) in [5.41, 5.74) is 8.43. The summed E-state index contributed by atoms with van der Waals surface area (Å²) < 4.78 is 27.0. The highest BCUT2D eigenvalue weighted by Gasteiger charge is 2.34. The topological polar surface area (TPSA) is 83.7 Å². The van der Waals surface area contributed by atoms with Crippen molar-refractivity contribution >= 4 is 21.6 Å². The molecule has 0 spiro atoms. The lowest BCUT2D eigenvalue weighted by Crippen LogP contribution is -2.50. The van der Waals surface area contributed by atoms with Gasteiger partial charge in [0.15, 0.2) is 0 Å². The van der Waals surface area contributed by atoms with Gasteiger partial charge in [-0.3, -0.25) is 4.79 Å². The Labute approximate surface area is 125 Å².